The minimum absolute atomic E-state index is 0.0578. The SMILES string of the molecule is O=C(c1ccc(CCCc2ccc(C(=O)c3ccc([N+](=O)[O-])cc3)cc2)cc1)c1ccc([N+](=O)[O-])cc1. The lowest BCUT2D eigenvalue weighted by Crippen LogP contribution is -2.02. The first kappa shape index (κ1) is 25.1. The number of non-ortho nitro benzene ring substituents is 2. The molecule has 0 heterocycles. The van der Waals surface area contributed by atoms with Gasteiger partial charge in [0.25, 0.3) is 11.4 Å². The third-order valence-electron chi connectivity index (χ3n) is 6.04. The van der Waals surface area contributed by atoms with Gasteiger partial charge < -0.3 is 0 Å². The molecule has 0 radical (unpaired) electrons. The maximum Gasteiger partial charge on any atom is 0.269 e. The van der Waals surface area contributed by atoms with Crippen molar-refractivity contribution >= 4 is 22.9 Å². The van der Waals surface area contributed by atoms with Gasteiger partial charge in [0.05, 0.1) is 9.85 Å². The summed E-state index contributed by atoms with van der Waals surface area (Å²) in [4.78, 5) is 45.8. The van der Waals surface area contributed by atoms with E-state index in [1.165, 1.54) is 48.5 Å². The summed E-state index contributed by atoms with van der Waals surface area (Å²) in [5.41, 5.74) is 3.89. The fraction of sp³-hybridized carbons (Fsp3) is 0.103. The molecule has 184 valence electrons. The van der Waals surface area contributed by atoms with Crippen LogP contribution in [-0.4, -0.2) is 21.4 Å². The predicted octanol–water partition coefficient (Wildman–Crippen LogP) is 6.14. The first-order chi connectivity index (χ1) is 17.8. The second kappa shape index (κ2) is 11.2. The molecule has 8 nitrogen and oxygen atoms in total. The summed E-state index contributed by atoms with van der Waals surface area (Å²) in [6.45, 7) is 0. The zero-order chi connectivity index (χ0) is 26.4. The fourth-order valence-electron chi connectivity index (χ4n) is 3.94. The quantitative estimate of drug-likeness (QED) is 0.148. The van der Waals surface area contributed by atoms with E-state index in [0.717, 1.165) is 30.4 Å². The summed E-state index contributed by atoms with van der Waals surface area (Å²) in [6, 6.07) is 25.8. The number of nitro groups is 2. The lowest BCUT2D eigenvalue weighted by atomic mass is 9.98. The van der Waals surface area contributed by atoms with E-state index in [9.17, 15) is 29.8 Å². The molecule has 8 heteroatoms. The Bertz CT molecular complexity index is 1330. The molecule has 4 aromatic carbocycles. The summed E-state index contributed by atoms with van der Waals surface area (Å²) in [5, 5.41) is 21.6. The van der Waals surface area contributed by atoms with Crippen LogP contribution in [0.25, 0.3) is 0 Å². The number of carbonyl (C=O) groups is 2. The number of carbonyl (C=O) groups excluding carboxylic acids is 2. The number of nitrogens with zero attached hydrogens (tertiary/aromatic N) is 2. The number of ketones is 2. The molecule has 0 aromatic heterocycles. The molecule has 0 N–H and O–H groups in total. The van der Waals surface area contributed by atoms with Crippen molar-refractivity contribution in [2.24, 2.45) is 0 Å². The molecule has 0 atom stereocenters. The van der Waals surface area contributed by atoms with Crippen LogP contribution in [0.15, 0.2) is 97.1 Å². The minimum Gasteiger partial charge on any atom is -0.289 e. The van der Waals surface area contributed by atoms with Crippen LogP contribution in [0.4, 0.5) is 11.4 Å². The highest BCUT2D eigenvalue weighted by Gasteiger charge is 2.13. The van der Waals surface area contributed by atoms with Crippen molar-refractivity contribution in [3.05, 3.63) is 151 Å². The van der Waals surface area contributed by atoms with Gasteiger partial charge in [-0.15, -0.1) is 0 Å². The van der Waals surface area contributed by atoms with Gasteiger partial charge in [-0.2, -0.15) is 0 Å². The Morgan fingerprint density at radius 3 is 1.03 bits per heavy atom. The van der Waals surface area contributed by atoms with Crippen molar-refractivity contribution < 1.29 is 19.4 Å². The van der Waals surface area contributed by atoms with Gasteiger partial charge in [-0.3, -0.25) is 29.8 Å². The molecule has 0 fully saturated rings. The molecule has 4 rings (SSSR count). The predicted molar refractivity (Wildman–Crippen MR) is 138 cm³/mol. The molecule has 0 saturated heterocycles. The summed E-state index contributed by atoms with van der Waals surface area (Å²) >= 11 is 0. The molecule has 0 amide bonds. The minimum atomic E-state index is -0.501. The lowest BCUT2D eigenvalue weighted by molar-refractivity contribution is -0.385. The van der Waals surface area contributed by atoms with Crippen LogP contribution >= 0.6 is 0 Å². The Morgan fingerprint density at radius 1 is 0.486 bits per heavy atom. The molecule has 0 aliphatic carbocycles. The molecule has 0 bridgehead atoms. The van der Waals surface area contributed by atoms with E-state index in [2.05, 4.69) is 0 Å². The van der Waals surface area contributed by atoms with Crippen molar-refractivity contribution in [1.82, 2.24) is 0 Å². The maximum atomic E-state index is 12.6. The van der Waals surface area contributed by atoms with Gasteiger partial charge in [0.15, 0.2) is 11.6 Å². The van der Waals surface area contributed by atoms with E-state index in [1.807, 2.05) is 24.3 Å². The average molecular weight is 495 g/mol. The van der Waals surface area contributed by atoms with Gasteiger partial charge in [0, 0.05) is 46.5 Å². The number of nitro benzene ring substituents is 2. The third kappa shape index (κ3) is 6.18. The van der Waals surface area contributed by atoms with Crippen LogP contribution in [-0.2, 0) is 12.8 Å². The lowest BCUT2D eigenvalue weighted by Gasteiger charge is -2.06. The molecule has 0 aliphatic heterocycles. The normalized spacial score (nSPS) is 10.6. The second-order valence-electron chi connectivity index (χ2n) is 8.51. The zero-order valence-electron chi connectivity index (χ0n) is 19.7. The highest BCUT2D eigenvalue weighted by Crippen LogP contribution is 2.18. The molecule has 0 saturated carbocycles. The van der Waals surface area contributed by atoms with Crippen molar-refractivity contribution in [2.75, 3.05) is 0 Å². The topological polar surface area (TPSA) is 120 Å². The van der Waals surface area contributed by atoms with Gasteiger partial charge >= 0.3 is 0 Å². The Kier molecular flexibility index (Phi) is 7.59. The smallest absolute Gasteiger partial charge is 0.269 e. The van der Waals surface area contributed by atoms with E-state index in [-0.39, 0.29) is 22.9 Å². The summed E-state index contributed by atoms with van der Waals surface area (Å²) in [7, 11) is 0. The highest BCUT2D eigenvalue weighted by atomic mass is 16.6. The van der Waals surface area contributed by atoms with Crippen molar-refractivity contribution in [3.8, 4) is 0 Å². The van der Waals surface area contributed by atoms with Gasteiger partial charge in [-0.25, -0.2) is 0 Å². The molecular weight excluding hydrogens is 472 g/mol. The average Bonchev–Trinajstić information content (AvgIpc) is 2.93. The van der Waals surface area contributed by atoms with E-state index in [0.29, 0.717) is 22.3 Å². The van der Waals surface area contributed by atoms with Crippen molar-refractivity contribution in [1.29, 1.82) is 0 Å². The van der Waals surface area contributed by atoms with Gasteiger partial charge in [0.1, 0.15) is 0 Å². The van der Waals surface area contributed by atoms with Crippen LogP contribution in [0.3, 0.4) is 0 Å². The van der Waals surface area contributed by atoms with Crippen LogP contribution in [0, 0.1) is 20.2 Å². The Balaban J connectivity index is 1.29. The number of hydrogen-bond acceptors (Lipinski definition) is 6. The number of aryl methyl sites for hydroxylation is 2. The summed E-state index contributed by atoms with van der Waals surface area (Å²) in [6.07, 6.45) is 2.51. The Labute approximate surface area is 212 Å². The largest absolute Gasteiger partial charge is 0.289 e. The zero-order valence-corrected chi connectivity index (χ0v) is 19.7. The third-order valence-corrected chi connectivity index (χ3v) is 6.04. The standard InChI is InChI=1S/C29H22N2O6/c32-28(24-12-16-26(17-13-24)30(34)35)22-8-4-20(5-9-22)2-1-3-21-6-10-23(11-7-21)29(33)25-14-18-27(19-15-25)31(36)37/h4-19H,1-3H2. The van der Waals surface area contributed by atoms with Crippen LogP contribution in [0.2, 0.25) is 0 Å². The van der Waals surface area contributed by atoms with Gasteiger partial charge in [-0.05, 0) is 54.7 Å². The summed E-state index contributed by atoms with van der Waals surface area (Å²) < 4.78 is 0. The van der Waals surface area contributed by atoms with Gasteiger partial charge in [-0.1, -0.05) is 48.5 Å². The van der Waals surface area contributed by atoms with Crippen LogP contribution < -0.4 is 0 Å². The molecule has 37 heavy (non-hydrogen) atoms. The van der Waals surface area contributed by atoms with Crippen LogP contribution in [0.5, 0.6) is 0 Å². The molecule has 0 spiro atoms. The second-order valence-corrected chi connectivity index (χ2v) is 8.51. The highest BCUT2D eigenvalue weighted by molar-refractivity contribution is 6.09. The first-order valence-electron chi connectivity index (χ1n) is 11.6. The number of rotatable bonds is 10. The van der Waals surface area contributed by atoms with Crippen molar-refractivity contribution in [3.63, 3.8) is 0 Å². The van der Waals surface area contributed by atoms with E-state index in [1.54, 1.807) is 24.3 Å². The molecule has 4 aromatic rings. The Morgan fingerprint density at radius 2 is 0.757 bits per heavy atom. The Hall–Kier alpha value is -4.98. The monoisotopic (exact) mass is 494 g/mol. The molecule has 0 aliphatic rings. The van der Waals surface area contributed by atoms with Crippen molar-refractivity contribution in [2.45, 2.75) is 19.3 Å². The van der Waals surface area contributed by atoms with E-state index >= 15 is 0 Å². The summed E-state index contributed by atoms with van der Waals surface area (Å²) in [5.74, 6) is -0.380. The van der Waals surface area contributed by atoms with Crippen LogP contribution in [0.1, 0.15) is 49.4 Å². The maximum absolute atomic E-state index is 12.6. The molecular formula is C29H22N2O6. The number of benzene rings is 4. The number of hydrogen-bond donors (Lipinski definition) is 0. The molecule has 0 unspecified atom stereocenters. The van der Waals surface area contributed by atoms with E-state index in [4.69, 9.17) is 0 Å². The fourth-order valence-corrected chi connectivity index (χ4v) is 3.94. The van der Waals surface area contributed by atoms with Gasteiger partial charge in [0.2, 0.25) is 0 Å². The van der Waals surface area contributed by atoms with E-state index < -0.39 is 9.85 Å². The first-order valence-corrected chi connectivity index (χ1v) is 11.6.